The molecule has 0 aromatic carbocycles. The zero-order valence-electron chi connectivity index (χ0n) is 10.0. The molecule has 1 saturated heterocycles. The monoisotopic (exact) mass is 224 g/mol. The molecule has 2 heterocycles. The van der Waals surface area contributed by atoms with Crippen molar-refractivity contribution in [2.24, 2.45) is 24.6 Å². The minimum Gasteiger partial charge on any atom is -0.330 e. The van der Waals surface area contributed by atoms with Crippen LogP contribution in [0.4, 0.5) is 0 Å². The van der Waals surface area contributed by atoms with Gasteiger partial charge < -0.3 is 5.73 Å². The molecule has 2 unspecified atom stereocenters. The molecule has 16 heavy (non-hydrogen) atoms. The van der Waals surface area contributed by atoms with Crippen LogP contribution in [0.15, 0.2) is 0 Å². The number of hydrogen-bond donors (Lipinski definition) is 1. The van der Waals surface area contributed by atoms with Crippen molar-refractivity contribution in [3.05, 3.63) is 5.82 Å². The third-order valence-electron chi connectivity index (χ3n) is 3.42. The molecule has 1 aliphatic heterocycles. The zero-order valence-corrected chi connectivity index (χ0v) is 10.0. The van der Waals surface area contributed by atoms with Crippen molar-refractivity contribution in [2.45, 2.75) is 19.9 Å². The fourth-order valence-electron chi connectivity index (χ4n) is 2.26. The van der Waals surface area contributed by atoms with Crippen LogP contribution < -0.4 is 5.73 Å². The summed E-state index contributed by atoms with van der Waals surface area (Å²) < 4.78 is 0. The Hall–Kier alpha value is -1.01. The van der Waals surface area contributed by atoms with Crippen molar-refractivity contribution in [1.29, 1.82) is 0 Å². The van der Waals surface area contributed by atoms with Gasteiger partial charge in [-0.1, -0.05) is 6.92 Å². The third kappa shape index (κ3) is 2.56. The van der Waals surface area contributed by atoms with Gasteiger partial charge in [0.1, 0.15) is 0 Å². The molecule has 0 saturated carbocycles. The van der Waals surface area contributed by atoms with Crippen LogP contribution >= 0.6 is 0 Å². The second-order valence-corrected chi connectivity index (χ2v) is 4.69. The largest absolute Gasteiger partial charge is 0.330 e. The predicted molar refractivity (Wildman–Crippen MR) is 60.4 cm³/mol. The van der Waals surface area contributed by atoms with Crippen molar-refractivity contribution in [3.63, 3.8) is 0 Å². The third-order valence-corrected chi connectivity index (χ3v) is 3.42. The molecule has 1 aromatic rings. The van der Waals surface area contributed by atoms with Gasteiger partial charge in [-0.15, -0.1) is 10.2 Å². The van der Waals surface area contributed by atoms with Crippen LogP contribution in [0.25, 0.3) is 0 Å². The maximum atomic E-state index is 5.78. The molecule has 1 aromatic heterocycles. The van der Waals surface area contributed by atoms with Gasteiger partial charge in [0.2, 0.25) is 0 Å². The Morgan fingerprint density at radius 3 is 2.94 bits per heavy atom. The Morgan fingerprint density at radius 1 is 1.50 bits per heavy atom. The first kappa shape index (κ1) is 11.5. The van der Waals surface area contributed by atoms with Crippen LogP contribution in [-0.4, -0.2) is 44.7 Å². The average molecular weight is 224 g/mol. The van der Waals surface area contributed by atoms with Crippen LogP contribution in [0.5, 0.6) is 0 Å². The lowest BCUT2D eigenvalue weighted by atomic mass is 9.87. The highest BCUT2D eigenvalue weighted by atomic mass is 15.6. The van der Waals surface area contributed by atoms with Crippen LogP contribution in [0, 0.1) is 11.8 Å². The minimum atomic E-state index is 0.602. The summed E-state index contributed by atoms with van der Waals surface area (Å²) in [5.74, 6) is 2.13. The molecule has 2 N–H and O–H groups in total. The second-order valence-electron chi connectivity index (χ2n) is 4.69. The van der Waals surface area contributed by atoms with Crippen LogP contribution in [0.1, 0.15) is 19.2 Å². The molecule has 0 bridgehead atoms. The van der Waals surface area contributed by atoms with Gasteiger partial charge in [0, 0.05) is 6.54 Å². The number of rotatable bonds is 3. The number of nitrogens with two attached hydrogens (primary N) is 1. The van der Waals surface area contributed by atoms with E-state index in [4.69, 9.17) is 5.73 Å². The average Bonchev–Trinajstić information content (AvgIpc) is 2.67. The number of hydrogen-bond acceptors (Lipinski definition) is 5. The highest BCUT2D eigenvalue weighted by molar-refractivity contribution is 4.83. The number of tetrazole rings is 1. The van der Waals surface area contributed by atoms with Crippen LogP contribution in [0.3, 0.4) is 0 Å². The second kappa shape index (κ2) is 4.88. The topological polar surface area (TPSA) is 72.9 Å². The van der Waals surface area contributed by atoms with Crippen LogP contribution in [-0.2, 0) is 13.6 Å². The summed E-state index contributed by atoms with van der Waals surface area (Å²) in [6.07, 6.45) is 1.21. The maximum Gasteiger partial charge on any atom is 0.188 e. The van der Waals surface area contributed by atoms with Crippen molar-refractivity contribution in [1.82, 2.24) is 25.1 Å². The van der Waals surface area contributed by atoms with Crippen molar-refractivity contribution < 1.29 is 0 Å². The molecule has 1 aliphatic rings. The first-order chi connectivity index (χ1) is 7.69. The van der Waals surface area contributed by atoms with Gasteiger partial charge in [-0.05, 0) is 36.6 Å². The van der Waals surface area contributed by atoms with Crippen molar-refractivity contribution in [2.75, 3.05) is 19.6 Å². The van der Waals surface area contributed by atoms with E-state index in [0.717, 1.165) is 37.9 Å². The smallest absolute Gasteiger partial charge is 0.188 e. The summed E-state index contributed by atoms with van der Waals surface area (Å²) in [5, 5.41) is 12.0. The van der Waals surface area contributed by atoms with E-state index in [1.165, 1.54) is 11.2 Å². The lowest BCUT2D eigenvalue weighted by Gasteiger charge is -2.35. The Kier molecular flexibility index (Phi) is 3.50. The molecular formula is C10H20N6. The predicted octanol–water partition coefficient (Wildman–Crippen LogP) is -0.373. The van der Waals surface area contributed by atoms with Crippen molar-refractivity contribution in [3.8, 4) is 0 Å². The molecule has 90 valence electrons. The van der Waals surface area contributed by atoms with E-state index in [9.17, 15) is 0 Å². The van der Waals surface area contributed by atoms with Gasteiger partial charge in [0.05, 0.1) is 13.6 Å². The first-order valence-electron chi connectivity index (χ1n) is 5.84. The van der Waals surface area contributed by atoms with Crippen LogP contribution in [0.2, 0.25) is 0 Å². The molecule has 2 atom stereocenters. The van der Waals surface area contributed by atoms with Gasteiger partial charge in [-0.3, -0.25) is 4.90 Å². The standard InChI is InChI=1S/C10H20N6/c1-8-3-4-16(6-9(8)5-11)7-10-12-14-15(2)13-10/h8-9H,3-7,11H2,1-2H3. The summed E-state index contributed by atoms with van der Waals surface area (Å²) in [6, 6.07) is 0. The Labute approximate surface area is 95.8 Å². The SMILES string of the molecule is CC1CCN(Cc2nnn(C)n2)CC1CN. The number of aryl methyl sites for hydroxylation is 1. The summed E-state index contributed by atoms with van der Waals surface area (Å²) in [5.41, 5.74) is 5.78. The number of piperidine rings is 1. The van der Waals surface area contributed by atoms with E-state index in [1.807, 2.05) is 0 Å². The quantitative estimate of drug-likeness (QED) is 0.758. The number of aromatic nitrogens is 4. The Bertz CT molecular complexity index is 336. The van der Waals surface area contributed by atoms with E-state index in [1.54, 1.807) is 7.05 Å². The van der Waals surface area contributed by atoms with E-state index in [-0.39, 0.29) is 0 Å². The Balaban J connectivity index is 1.91. The van der Waals surface area contributed by atoms with E-state index < -0.39 is 0 Å². The van der Waals surface area contributed by atoms with Gasteiger partial charge in [0.25, 0.3) is 0 Å². The highest BCUT2D eigenvalue weighted by Crippen LogP contribution is 2.22. The van der Waals surface area contributed by atoms with E-state index in [2.05, 4.69) is 27.2 Å². The Morgan fingerprint density at radius 2 is 2.31 bits per heavy atom. The molecule has 6 nitrogen and oxygen atoms in total. The van der Waals surface area contributed by atoms with E-state index >= 15 is 0 Å². The summed E-state index contributed by atoms with van der Waals surface area (Å²) in [6.45, 7) is 6.00. The molecule has 0 amide bonds. The zero-order chi connectivity index (χ0) is 11.5. The lowest BCUT2D eigenvalue weighted by Crippen LogP contribution is -2.42. The van der Waals surface area contributed by atoms with Gasteiger partial charge >= 0.3 is 0 Å². The fraction of sp³-hybridized carbons (Fsp3) is 0.900. The maximum absolute atomic E-state index is 5.78. The summed E-state index contributed by atoms with van der Waals surface area (Å²) >= 11 is 0. The molecule has 2 rings (SSSR count). The molecular weight excluding hydrogens is 204 g/mol. The van der Waals surface area contributed by atoms with Gasteiger partial charge in [0.15, 0.2) is 5.82 Å². The number of nitrogens with zero attached hydrogens (tertiary/aromatic N) is 5. The molecule has 1 fully saturated rings. The summed E-state index contributed by atoms with van der Waals surface area (Å²) in [4.78, 5) is 3.87. The number of likely N-dealkylation sites (tertiary alicyclic amines) is 1. The van der Waals surface area contributed by atoms with Gasteiger partial charge in [-0.25, -0.2) is 0 Å². The summed E-state index contributed by atoms with van der Waals surface area (Å²) in [7, 11) is 1.79. The molecule has 6 heteroatoms. The first-order valence-corrected chi connectivity index (χ1v) is 5.84. The normalized spacial score (nSPS) is 27.2. The lowest BCUT2D eigenvalue weighted by molar-refractivity contribution is 0.123. The molecule has 0 radical (unpaired) electrons. The highest BCUT2D eigenvalue weighted by Gasteiger charge is 2.25. The fourth-order valence-corrected chi connectivity index (χ4v) is 2.26. The minimum absolute atomic E-state index is 0.602. The molecule has 0 spiro atoms. The molecule has 0 aliphatic carbocycles. The van der Waals surface area contributed by atoms with Gasteiger partial charge in [-0.2, -0.15) is 4.80 Å². The van der Waals surface area contributed by atoms with E-state index in [0.29, 0.717) is 5.92 Å². The van der Waals surface area contributed by atoms with Crippen molar-refractivity contribution >= 4 is 0 Å².